The zero-order chi connectivity index (χ0) is 18.7. The van der Waals surface area contributed by atoms with E-state index in [1.807, 2.05) is 0 Å². The lowest BCUT2D eigenvalue weighted by Gasteiger charge is -2.27. The number of esters is 1. The van der Waals surface area contributed by atoms with E-state index in [1.165, 1.54) is 14.0 Å². The van der Waals surface area contributed by atoms with E-state index in [0.29, 0.717) is 0 Å². The normalized spacial score (nSPS) is 17.0. The van der Waals surface area contributed by atoms with E-state index in [9.17, 15) is 18.8 Å². The van der Waals surface area contributed by atoms with Crippen LogP contribution in [0.3, 0.4) is 0 Å². The zero-order valence-corrected chi connectivity index (χ0v) is 13.9. The van der Waals surface area contributed by atoms with Crippen LogP contribution < -0.4 is 10.5 Å². The maximum absolute atomic E-state index is 14.6. The van der Waals surface area contributed by atoms with E-state index in [4.69, 9.17) is 19.9 Å². The second kappa shape index (κ2) is 7.21. The van der Waals surface area contributed by atoms with Crippen molar-refractivity contribution >= 4 is 5.97 Å². The highest BCUT2D eigenvalue weighted by molar-refractivity contribution is 5.92. The molecule has 1 aromatic carbocycles. The summed E-state index contributed by atoms with van der Waals surface area (Å²) in [6, 6.07) is 3.67. The molecule has 0 saturated carbocycles. The highest BCUT2D eigenvalue weighted by Gasteiger charge is 2.39. The van der Waals surface area contributed by atoms with Crippen molar-refractivity contribution in [2.24, 2.45) is 5.73 Å². The number of nitriles is 1. The van der Waals surface area contributed by atoms with Crippen molar-refractivity contribution in [3.05, 3.63) is 52.1 Å². The summed E-state index contributed by atoms with van der Waals surface area (Å²) in [7, 11) is 1.26. The van der Waals surface area contributed by atoms with Crippen molar-refractivity contribution in [2.45, 2.75) is 19.8 Å². The standard InChI is InChI=1S/C17H16F2N2O4/c1-4-24-17(22)13-8(2)25-16(21)10(7-20)14(13)15-11(18)5-9(23-3)6-12(15)19/h5-6,14H,4,21H2,1-3H3. The van der Waals surface area contributed by atoms with Crippen LogP contribution in [-0.2, 0) is 14.3 Å². The van der Waals surface area contributed by atoms with Crippen molar-refractivity contribution < 1.29 is 27.8 Å². The van der Waals surface area contributed by atoms with Crippen molar-refractivity contribution in [1.29, 1.82) is 5.26 Å². The van der Waals surface area contributed by atoms with E-state index in [1.54, 1.807) is 13.0 Å². The minimum absolute atomic E-state index is 0.00886. The zero-order valence-electron chi connectivity index (χ0n) is 13.9. The summed E-state index contributed by atoms with van der Waals surface area (Å²) in [5.74, 6) is -4.57. The number of rotatable bonds is 4. The molecule has 2 rings (SSSR count). The first kappa shape index (κ1) is 18.3. The van der Waals surface area contributed by atoms with Gasteiger partial charge in [0.2, 0.25) is 5.88 Å². The van der Waals surface area contributed by atoms with Crippen molar-refractivity contribution in [3.63, 3.8) is 0 Å². The number of hydrogen-bond donors (Lipinski definition) is 1. The summed E-state index contributed by atoms with van der Waals surface area (Å²) in [6.07, 6.45) is 0. The van der Waals surface area contributed by atoms with Gasteiger partial charge in [0.15, 0.2) is 0 Å². The number of carbonyl (C=O) groups excluding carboxylic acids is 1. The number of nitrogens with zero attached hydrogens (tertiary/aromatic N) is 1. The van der Waals surface area contributed by atoms with Crippen molar-refractivity contribution in [2.75, 3.05) is 13.7 Å². The summed E-state index contributed by atoms with van der Waals surface area (Å²) in [4.78, 5) is 12.3. The number of carbonyl (C=O) groups is 1. The molecule has 0 aromatic heterocycles. The Morgan fingerprint density at radius 3 is 2.48 bits per heavy atom. The third-order valence-corrected chi connectivity index (χ3v) is 3.68. The van der Waals surface area contributed by atoms with Gasteiger partial charge in [-0.05, 0) is 13.8 Å². The molecular weight excluding hydrogens is 334 g/mol. The number of benzene rings is 1. The van der Waals surface area contributed by atoms with E-state index in [0.717, 1.165) is 12.1 Å². The van der Waals surface area contributed by atoms with Gasteiger partial charge < -0.3 is 19.9 Å². The van der Waals surface area contributed by atoms with Gasteiger partial charge in [0.25, 0.3) is 0 Å². The van der Waals surface area contributed by atoms with Crippen LogP contribution in [0.5, 0.6) is 5.75 Å². The first-order valence-electron chi connectivity index (χ1n) is 7.34. The van der Waals surface area contributed by atoms with Crippen LogP contribution in [0.15, 0.2) is 34.9 Å². The summed E-state index contributed by atoms with van der Waals surface area (Å²) in [5.41, 5.74) is 4.71. The second-order valence-corrected chi connectivity index (χ2v) is 5.12. The lowest BCUT2D eigenvalue weighted by atomic mass is 9.82. The largest absolute Gasteiger partial charge is 0.497 e. The van der Waals surface area contributed by atoms with Gasteiger partial charge in [-0.2, -0.15) is 5.26 Å². The lowest BCUT2D eigenvalue weighted by molar-refractivity contribution is -0.139. The molecule has 0 fully saturated rings. The van der Waals surface area contributed by atoms with Crippen molar-refractivity contribution in [3.8, 4) is 11.8 Å². The monoisotopic (exact) mass is 350 g/mol. The van der Waals surface area contributed by atoms with Gasteiger partial charge in [0, 0.05) is 17.7 Å². The van der Waals surface area contributed by atoms with E-state index >= 15 is 0 Å². The molecule has 6 nitrogen and oxygen atoms in total. The first-order valence-corrected chi connectivity index (χ1v) is 7.34. The molecule has 2 N–H and O–H groups in total. The van der Waals surface area contributed by atoms with Gasteiger partial charge in [-0.3, -0.25) is 0 Å². The molecular formula is C17H16F2N2O4. The first-order chi connectivity index (χ1) is 11.8. The van der Waals surface area contributed by atoms with Gasteiger partial charge in [0.05, 0.1) is 25.2 Å². The third kappa shape index (κ3) is 3.26. The van der Waals surface area contributed by atoms with E-state index < -0.39 is 29.1 Å². The smallest absolute Gasteiger partial charge is 0.338 e. The minimum Gasteiger partial charge on any atom is -0.497 e. The molecule has 0 aliphatic carbocycles. The van der Waals surface area contributed by atoms with Crippen molar-refractivity contribution in [1.82, 2.24) is 0 Å². The van der Waals surface area contributed by atoms with Crippen LogP contribution in [0.25, 0.3) is 0 Å². The quantitative estimate of drug-likeness (QED) is 0.839. The number of halogens is 2. The number of methoxy groups -OCH3 is 1. The Morgan fingerprint density at radius 1 is 1.40 bits per heavy atom. The van der Waals surface area contributed by atoms with Gasteiger partial charge >= 0.3 is 5.97 Å². The van der Waals surface area contributed by atoms with Crippen LogP contribution in [-0.4, -0.2) is 19.7 Å². The summed E-state index contributed by atoms with van der Waals surface area (Å²) < 4.78 is 44.1. The Bertz CT molecular complexity index is 801. The van der Waals surface area contributed by atoms with Gasteiger partial charge in [0.1, 0.15) is 34.8 Å². The fourth-order valence-corrected chi connectivity index (χ4v) is 2.60. The molecule has 8 heteroatoms. The SMILES string of the molecule is CCOC(=O)C1=C(C)OC(N)=C(C#N)C1c1c(F)cc(OC)cc1F. The fourth-order valence-electron chi connectivity index (χ4n) is 2.60. The average Bonchev–Trinajstić information content (AvgIpc) is 2.54. The number of allylic oxidation sites excluding steroid dienone is 2. The predicted octanol–water partition coefficient (Wildman–Crippen LogP) is 2.62. The molecule has 25 heavy (non-hydrogen) atoms. The molecule has 1 aromatic rings. The van der Waals surface area contributed by atoms with Crippen LogP contribution >= 0.6 is 0 Å². The van der Waals surface area contributed by atoms with Crippen LogP contribution in [0, 0.1) is 23.0 Å². The molecule has 0 bridgehead atoms. The Morgan fingerprint density at radius 2 is 2.00 bits per heavy atom. The highest BCUT2D eigenvalue weighted by Crippen LogP contribution is 2.42. The maximum Gasteiger partial charge on any atom is 0.338 e. The average molecular weight is 350 g/mol. The Labute approximate surface area is 143 Å². The predicted molar refractivity (Wildman–Crippen MR) is 82.9 cm³/mol. The molecule has 1 unspecified atom stereocenters. The number of nitrogens with two attached hydrogens (primary N) is 1. The van der Waals surface area contributed by atoms with E-state index in [2.05, 4.69) is 0 Å². The molecule has 1 atom stereocenters. The number of hydrogen-bond acceptors (Lipinski definition) is 6. The van der Waals surface area contributed by atoms with Gasteiger partial charge in [-0.25, -0.2) is 13.6 Å². The van der Waals surface area contributed by atoms with Crippen LogP contribution in [0.2, 0.25) is 0 Å². The van der Waals surface area contributed by atoms with Crippen LogP contribution in [0.4, 0.5) is 8.78 Å². The van der Waals surface area contributed by atoms with Gasteiger partial charge in [-0.15, -0.1) is 0 Å². The summed E-state index contributed by atoms with van der Waals surface area (Å²) >= 11 is 0. The highest BCUT2D eigenvalue weighted by atomic mass is 19.1. The lowest BCUT2D eigenvalue weighted by Crippen LogP contribution is -2.26. The van der Waals surface area contributed by atoms with Crippen LogP contribution in [0.1, 0.15) is 25.3 Å². The summed E-state index contributed by atoms with van der Waals surface area (Å²) in [6.45, 7) is 3.02. The minimum atomic E-state index is -1.39. The second-order valence-electron chi connectivity index (χ2n) is 5.12. The molecule has 0 saturated heterocycles. The summed E-state index contributed by atoms with van der Waals surface area (Å²) in [5, 5.41) is 9.38. The fraction of sp³-hybridized carbons (Fsp3) is 0.294. The molecule has 132 valence electrons. The molecule has 0 spiro atoms. The number of ether oxygens (including phenoxy) is 3. The maximum atomic E-state index is 14.6. The molecule has 1 aliphatic heterocycles. The van der Waals surface area contributed by atoms with E-state index in [-0.39, 0.29) is 35.1 Å². The molecule has 1 aliphatic rings. The molecule has 1 heterocycles. The Hall–Kier alpha value is -3.08. The third-order valence-electron chi connectivity index (χ3n) is 3.68. The Kier molecular flexibility index (Phi) is 5.27. The van der Waals surface area contributed by atoms with Gasteiger partial charge in [-0.1, -0.05) is 0 Å². The molecule has 0 radical (unpaired) electrons. The Balaban J connectivity index is 2.74. The topological polar surface area (TPSA) is 94.6 Å². The molecule has 0 amide bonds.